The van der Waals surface area contributed by atoms with E-state index in [-0.39, 0.29) is 0 Å². The molecule has 0 fully saturated rings. The fraction of sp³-hybridized carbons (Fsp3) is 1.00. The molecule has 0 bridgehead atoms. The average Bonchev–Trinajstić information content (AvgIpc) is 2.21. The number of rotatable bonds is 10. The number of hydrogen-bond acceptors (Lipinski definition) is 2. The molecule has 0 heterocycles. The van der Waals surface area contributed by atoms with Gasteiger partial charge in [0.05, 0.1) is 0 Å². The van der Waals surface area contributed by atoms with Crippen molar-refractivity contribution in [1.82, 2.24) is 0 Å². The van der Waals surface area contributed by atoms with Crippen LogP contribution in [0.1, 0.15) is 52.4 Å². The Hall–Kier alpha value is 0.310. The summed E-state index contributed by atoms with van der Waals surface area (Å²) in [6.45, 7) is 5.34. The van der Waals surface area contributed by atoms with E-state index in [4.69, 9.17) is 5.73 Å². The Morgan fingerprint density at radius 1 is 1.07 bits per heavy atom. The molecule has 0 saturated heterocycles. The minimum absolute atomic E-state index is 0.695. The van der Waals surface area contributed by atoms with Crippen molar-refractivity contribution in [3.63, 3.8) is 0 Å². The van der Waals surface area contributed by atoms with Gasteiger partial charge in [-0.25, -0.2) is 0 Å². The third kappa shape index (κ3) is 10.4. The fourth-order valence-corrected chi connectivity index (χ4v) is 2.45. The van der Waals surface area contributed by atoms with Crippen LogP contribution in [0.3, 0.4) is 0 Å². The van der Waals surface area contributed by atoms with Crippen LogP contribution >= 0.6 is 11.8 Å². The normalized spacial score (nSPS) is 13.1. The summed E-state index contributed by atoms with van der Waals surface area (Å²) in [6.07, 6.45) is 8.44. The van der Waals surface area contributed by atoms with Gasteiger partial charge in [-0.3, -0.25) is 0 Å². The summed E-state index contributed by atoms with van der Waals surface area (Å²) < 4.78 is 0. The number of nitrogens with two attached hydrogens (primary N) is 1. The molecule has 86 valence electrons. The van der Waals surface area contributed by atoms with Crippen LogP contribution in [0.2, 0.25) is 0 Å². The molecule has 0 aliphatic rings. The predicted octanol–water partition coefficient (Wildman–Crippen LogP) is 3.67. The topological polar surface area (TPSA) is 26.0 Å². The Balaban J connectivity index is 2.92. The zero-order valence-corrected chi connectivity index (χ0v) is 10.7. The number of hydrogen-bond donors (Lipinski definition) is 1. The second-order valence-electron chi connectivity index (χ2n) is 4.18. The first kappa shape index (κ1) is 14.3. The molecule has 2 N–H and O–H groups in total. The van der Waals surface area contributed by atoms with Crippen LogP contribution in [-0.2, 0) is 0 Å². The minimum atomic E-state index is 0.695. The predicted molar refractivity (Wildman–Crippen MR) is 68.9 cm³/mol. The van der Waals surface area contributed by atoms with E-state index < -0.39 is 0 Å². The van der Waals surface area contributed by atoms with Gasteiger partial charge in [-0.05, 0) is 30.4 Å². The summed E-state index contributed by atoms with van der Waals surface area (Å²) in [5, 5.41) is 0. The first-order valence-electron chi connectivity index (χ1n) is 6.09. The molecular formula is C12H27NS. The standard InChI is InChI=1S/C12H27NS/c1-3-4-5-6-7-8-9-14-11-12(2)10-13/h12H,3-11,13H2,1-2H3. The molecule has 14 heavy (non-hydrogen) atoms. The lowest BCUT2D eigenvalue weighted by Crippen LogP contribution is -2.12. The molecule has 2 heteroatoms. The van der Waals surface area contributed by atoms with Crippen molar-refractivity contribution in [2.45, 2.75) is 52.4 Å². The maximum atomic E-state index is 5.55. The van der Waals surface area contributed by atoms with Gasteiger partial charge in [0.2, 0.25) is 0 Å². The van der Waals surface area contributed by atoms with Crippen molar-refractivity contribution in [1.29, 1.82) is 0 Å². The minimum Gasteiger partial charge on any atom is -0.330 e. The second-order valence-corrected chi connectivity index (χ2v) is 5.33. The van der Waals surface area contributed by atoms with Crippen LogP contribution in [0, 0.1) is 5.92 Å². The Labute approximate surface area is 94.2 Å². The molecule has 1 atom stereocenters. The van der Waals surface area contributed by atoms with Gasteiger partial charge < -0.3 is 5.73 Å². The van der Waals surface area contributed by atoms with E-state index in [1.807, 2.05) is 0 Å². The highest BCUT2D eigenvalue weighted by atomic mass is 32.2. The summed E-state index contributed by atoms with van der Waals surface area (Å²) in [5.41, 5.74) is 5.55. The summed E-state index contributed by atoms with van der Waals surface area (Å²) in [4.78, 5) is 0. The van der Waals surface area contributed by atoms with E-state index in [9.17, 15) is 0 Å². The van der Waals surface area contributed by atoms with Gasteiger partial charge in [0.15, 0.2) is 0 Å². The molecule has 0 aliphatic carbocycles. The fourth-order valence-electron chi connectivity index (χ4n) is 1.34. The molecule has 0 radical (unpaired) electrons. The molecule has 0 spiro atoms. The van der Waals surface area contributed by atoms with Gasteiger partial charge in [0.25, 0.3) is 0 Å². The molecule has 0 saturated carbocycles. The van der Waals surface area contributed by atoms with Gasteiger partial charge in [-0.2, -0.15) is 11.8 Å². The molecule has 0 aromatic carbocycles. The first-order chi connectivity index (χ1) is 6.81. The zero-order valence-electron chi connectivity index (χ0n) is 9.93. The monoisotopic (exact) mass is 217 g/mol. The molecule has 1 nitrogen and oxygen atoms in total. The molecular weight excluding hydrogens is 190 g/mol. The molecule has 0 amide bonds. The summed E-state index contributed by atoms with van der Waals surface area (Å²) >= 11 is 2.07. The molecule has 0 aromatic rings. The Morgan fingerprint density at radius 2 is 1.71 bits per heavy atom. The van der Waals surface area contributed by atoms with Crippen molar-refractivity contribution in [2.75, 3.05) is 18.1 Å². The maximum absolute atomic E-state index is 5.55. The van der Waals surface area contributed by atoms with Crippen LogP contribution in [-0.4, -0.2) is 18.1 Å². The van der Waals surface area contributed by atoms with E-state index in [0.29, 0.717) is 5.92 Å². The molecule has 0 aromatic heterocycles. The Bertz CT molecular complexity index is 106. The van der Waals surface area contributed by atoms with Gasteiger partial charge in [-0.15, -0.1) is 0 Å². The van der Waals surface area contributed by atoms with Gasteiger partial charge in [0.1, 0.15) is 0 Å². The third-order valence-electron chi connectivity index (χ3n) is 2.45. The van der Waals surface area contributed by atoms with Gasteiger partial charge >= 0.3 is 0 Å². The zero-order chi connectivity index (χ0) is 10.6. The largest absolute Gasteiger partial charge is 0.330 e. The van der Waals surface area contributed by atoms with E-state index >= 15 is 0 Å². The first-order valence-corrected chi connectivity index (χ1v) is 7.24. The Morgan fingerprint density at radius 3 is 2.36 bits per heavy atom. The highest BCUT2D eigenvalue weighted by molar-refractivity contribution is 7.99. The van der Waals surface area contributed by atoms with Crippen LogP contribution in [0.25, 0.3) is 0 Å². The maximum Gasteiger partial charge on any atom is -0.00297 e. The molecule has 0 rings (SSSR count). The van der Waals surface area contributed by atoms with Crippen LogP contribution in [0.5, 0.6) is 0 Å². The highest BCUT2D eigenvalue weighted by Crippen LogP contribution is 2.12. The summed E-state index contributed by atoms with van der Waals surface area (Å²) in [6, 6.07) is 0. The van der Waals surface area contributed by atoms with Crippen LogP contribution in [0.15, 0.2) is 0 Å². The van der Waals surface area contributed by atoms with E-state index in [0.717, 1.165) is 6.54 Å². The molecule has 0 aliphatic heterocycles. The van der Waals surface area contributed by atoms with Crippen molar-refractivity contribution in [2.24, 2.45) is 11.7 Å². The van der Waals surface area contributed by atoms with Crippen molar-refractivity contribution in [3.8, 4) is 0 Å². The van der Waals surface area contributed by atoms with E-state index in [2.05, 4.69) is 25.6 Å². The van der Waals surface area contributed by atoms with Crippen molar-refractivity contribution in [3.05, 3.63) is 0 Å². The SMILES string of the molecule is CCCCCCCCSCC(C)CN. The van der Waals surface area contributed by atoms with Crippen molar-refractivity contribution < 1.29 is 0 Å². The average molecular weight is 217 g/mol. The van der Waals surface area contributed by atoms with Crippen LogP contribution in [0.4, 0.5) is 0 Å². The lowest BCUT2D eigenvalue weighted by Gasteiger charge is -2.07. The van der Waals surface area contributed by atoms with E-state index in [1.165, 1.54) is 50.0 Å². The lowest BCUT2D eigenvalue weighted by atomic mass is 10.1. The van der Waals surface area contributed by atoms with Crippen molar-refractivity contribution >= 4 is 11.8 Å². The third-order valence-corrected chi connectivity index (χ3v) is 3.83. The lowest BCUT2D eigenvalue weighted by molar-refractivity contribution is 0.626. The summed E-state index contributed by atoms with van der Waals surface area (Å²) in [7, 11) is 0. The van der Waals surface area contributed by atoms with Gasteiger partial charge in [0, 0.05) is 0 Å². The number of thioether (sulfide) groups is 1. The van der Waals surface area contributed by atoms with Crippen LogP contribution < -0.4 is 5.73 Å². The Kier molecular flexibility index (Phi) is 11.6. The summed E-state index contributed by atoms with van der Waals surface area (Å²) in [5.74, 6) is 3.27. The second kappa shape index (κ2) is 11.4. The molecule has 1 unspecified atom stereocenters. The quantitative estimate of drug-likeness (QED) is 0.565. The highest BCUT2D eigenvalue weighted by Gasteiger charge is 1.98. The number of unbranched alkanes of at least 4 members (excludes halogenated alkanes) is 5. The smallest absolute Gasteiger partial charge is 0.00297 e. The van der Waals surface area contributed by atoms with Gasteiger partial charge in [-0.1, -0.05) is 46.0 Å². The van der Waals surface area contributed by atoms with E-state index in [1.54, 1.807) is 0 Å².